The van der Waals surface area contributed by atoms with Gasteiger partial charge in [-0.25, -0.2) is 0 Å². The number of terminal acetylenes is 2. The van der Waals surface area contributed by atoms with E-state index in [0.29, 0.717) is 19.3 Å². The highest BCUT2D eigenvalue weighted by molar-refractivity contribution is 9.93. The number of aliphatic carboxylic acids is 1. The quantitative estimate of drug-likeness (QED) is 0.0489. The molecule has 0 aromatic rings. The number of hydrogen-bond acceptors (Lipinski definition) is 8. The first kappa shape index (κ1) is 52.9. The van der Waals surface area contributed by atoms with Gasteiger partial charge in [-0.15, -0.1) is 36.5 Å². The molecule has 0 fully saturated rings. The van der Waals surface area contributed by atoms with Gasteiger partial charge < -0.3 is 24.4 Å². The predicted octanol–water partition coefficient (Wildman–Crippen LogP) is 13.0. The van der Waals surface area contributed by atoms with Crippen LogP contribution in [0.1, 0.15) is 139 Å². The number of alkyl halides is 1. The average Bonchev–Trinajstić information content (AvgIpc) is 3.28. The fraction of sp³-hybridized carbons (Fsp3) is 0.500. The summed E-state index contributed by atoms with van der Waals surface area (Å²) in [4.78, 5) is 41.5. The summed E-state index contributed by atoms with van der Waals surface area (Å²) in [7, 11) is 3.87. The van der Waals surface area contributed by atoms with E-state index in [9.17, 15) is 19.2 Å². The number of carbonyl (C=O) groups is 4. The molecule has 14 heteroatoms. The topological polar surface area (TPSA) is 136 Å². The molecule has 0 heterocycles. The molecule has 62 heavy (non-hydrogen) atoms. The maximum atomic E-state index is 10.7. The van der Waals surface area contributed by atoms with Gasteiger partial charge in [-0.1, -0.05) is 142 Å². The van der Waals surface area contributed by atoms with Gasteiger partial charge in [-0.2, -0.15) is 0 Å². The highest BCUT2D eigenvalue weighted by Gasteiger charge is 1.93. The van der Waals surface area contributed by atoms with Gasteiger partial charge in [0.15, 0.2) is 0 Å². The molecule has 0 aromatic carbocycles. The van der Waals surface area contributed by atoms with Crippen molar-refractivity contribution >= 4 is 90.3 Å². The molecule has 0 unspecified atom stereocenters. The lowest BCUT2D eigenvalue weighted by molar-refractivity contribution is -0.140. The van der Waals surface area contributed by atoms with Crippen molar-refractivity contribution < 1.29 is 57.3 Å². The number of ether oxygens (including phenoxy) is 3. The smallest absolute Gasteiger partial charge is 0.317 e. The van der Waals surface area contributed by atoms with Gasteiger partial charge >= 0.3 is 23.9 Å². The van der Waals surface area contributed by atoms with Crippen LogP contribution in [0.2, 0.25) is 0 Å². The lowest BCUT2D eigenvalue weighted by atomic mass is 10.3. The molecule has 0 aliphatic rings. The molecule has 0 atom stereocenters. The lowest BCUT2D eigenvalue weighted by Gasteiger charge is -1.90. The number of methoxy groups -OCH3 is 3. The zero-order valence-corrected chi connectivity index (χ0v) is 44.3. The summed E-state index contributed by atoms with van der Waals surface area (Å²) in [6.07, 6.45) is 20.6. The molecule has 0 spiro atoms. The molecule has 0 radical (unpaired) electrons. The number of aliphatic hydroxyl groups is 1. The van der Waals surface area contributed by atoms with Crippen molar-refractivity contribution in [2.24, 2.45) is 0 Å². The number of carboxylic acids is 1. The SMILES string of the molecule is BrP(Br)Br.C#CCC.C#CCC(=O)OC.[2H]C([2H])(/C=C\CC)/C=C\CC(=O)O.[2H]C([2H])(/C=C\CC)/C=C\CC(=O)OC.[2H]C([2H])(Br)C#CCC.[2H]C([2H])(C#CCC)C#CCC(=O)OC.[2H]C([2H])(O)C#CCC. The summed E-state index contributed by atoms with van der Waals surface area (Å²) >= 11 is 12.2. The van der Waals surface area contributed by atoms with E-state index in [1.165, 1.54) is 57.8 Å². The molecule has 0 saturated carbocycles. The lowest BCUT2D eigenvalue weighted by Crippen LogP contribution is -1.96. The average molecular weight is 1150 g/mol. The standard InChI is InChI=1S/C10H16O2.C10H12O2.C9H14O2.C5H7Br.C5H6O2.C5H8O.C4H6.Br3P/c2*1-3-4-5-6-7-8-9-10(11)12-2;1-2-3-4-5-6-7-8-9(10)11;1-2-3-4-5-6;1-3-4-5(6)7-2;1-2-3-4-5-6;1-3-4-2;1-4(2)3/h4-5,7-8H,3,6,9H2,1-2H3;3,6,9H2,1-2H3;3-4,6-7H,2,5,8H2,1H3,(H,10,11);2,5H2,1H3;1H,4H2,2H3;6H,2,5H2,1H3;1H,4H2,2H3;/b5-4-,8-7-;;4-3-,7-6-;;;;;/i2*6D2;2*5D2;;5D2;;. The molecule has 0 bridgehead atoms. The van der Waals surface area contributed by atoms with Crippen LogP contribution in [0.25, 0.3) is 0 Å². The Morgan fingerprint density at radius 1 is 0.581 bits per heavy atom. The third-order valence-corrected chi connectivity index (χ3v) is 4.58. The number of rotatable bonds is 12. The number of hydrogen-bond donors (Lipinski definition) is 2. The van der Waals surface area contributed by atoms with E-state index in [2.05, 4.69) is 130 Å². The molecule has 9 nitrogen and oxygen atoms in total. The van der Waals surface area contributed by atoms with Crippen molar-refractivity contribution in [2.75, 3.05) is 33.2 Å². The van der Waals surface area contributed by atoms with E-state index >= 15 is 0 Å². The van der Waals surface area contributed by atoms with E-state index < -0.39 is 42.9 Å². The first-order valence-electron chi connectivity index (χ1n) is 23.3. The Labute approximate surface area is 424 Å². The summed E-state index contributed by atoms with van der Waals surface area (Å²) in [6, 6.07) is 0. The Morgan fingerprint density at radius 2 is 0.968 bits per heavy atom. The third kappa shape index (κ3) is 131. The predicted molar refractivity (Wildman–Crippen MR) is 278 cm³/mol. The normalized spacial score (nSPS) is 12.0. The minimum absolute atomic E-state index is 0.0660. The van der Waals surface area contributed by atoms with Crippen molar-refractivity contribution in [1.82, 2.24) is 0 Å². The molecule has 0 aromatic heterocycles. The van der Waals surface area contributed by atoms with Crippen molar-refractivity contribution in [2.45, 2.75) is 125 Å². The van der Waals surface area contributed by atoms with Crippen molar-refractivity contribution in [3.05, 3.63) is 48.6 Å². The Hall–Kier alpha value is -3.49. The molecule has 0 saturated heterocycles. The van der Waals surface area contributed by atoms with Gasteiger partial charge in [0.1, 0.15) is 23.4 Å². The zero-order valence-electron chi connectivity index (χ0n) is 47.1. The maximum Gasteiger partial charge on any atom is 0.317 e. The molecule has 0 amide bonds. The summed E-state index contributed by atoms with van der Waals surface area (Å²) in [5.41, 5.74) is 0. The van der Waals surface area contributed by atoms with E-state index in [1.54, 1.807) is 19.1 Å². The highest BCUT2D eigenvalue weighted by atomic mass is 80.0. The van der Waals surface area contributed by atoms with Crippen LogP contribution in [-0.2, 0) is 33.4 Å². The molecule has 2 N–H and O–H groups in total. The minimum Gasteiger partial charge on any atom is -0.481 e. The second kappa shape index (κ2) is 81.4. The van der Waals surface area contributed by atoms with Crippen LogP contribution >= 0.6 is 66.4 Å². The van der Waals surface area contributed by atoms with Crippen LogP contribution in [0.3, 0.4) is 0 Å². The second-order valence-electron chi connectivity index (χ2n) is 9.20. The van der Waals surface area contributed by atoms with Crippen molar-refractivity contribution in [1.29, 1.82) is 0 Å². The Kier molecular flexibility index (Phi) is 69.4. The van der Waals surface area contributed by atoms with E-state index in [4.69, 9.17) is 36.8 Å². The van der Waals surface area contributed by atoms with Crippen molar-refractivity contribution in [3.63, 3.8) is 0 Å². The number of halogens is 4. The highest BCUT2D eigenvalue weighted by Crippen LogP contribution is 2.59. The summed E-state index contributed by atoms with van der Waals surface area (Å²) in [5, 5.41) is 15.1. The third-order valence-electron chi connectivity index (χ3n) is 4.38. The fourth-order valence-corrected chi connectivity index (χ4v) is 1.96. The van der Waals surface area contributed by atoms with Gasteiger partial charge in [0.25, 0.3) is 0 Å². The van der Waals surface area contributed by atoms with Crippen LogP contribution < -0.4 is 0 Å². The van der Waals surface area contributed by atoms with Crippen LogP contribution in [0.4, 0.5) is 0 Å². The monoisotopic (exact) mass is 1150 g/mol. The minimum atomic E-state index is -2.31. The van der Waals surface area contributed by atoms with Crippen LogP contribution in [-0.4, -0.2) is 67.3 Å². The first-order chi connectivity index (χ1) is 33.1. The van der Waals surface area contributed by atoms with Gasteiger partial charge in [0, 0.05) is 31.2 Å². The fourth-order valence-electron chi connectivity index (χ4n) is 1.82. The van der Waals surface area contributed by atoms with Crippen LogP contribution in [0.15, 0.2) is 48.6 Å². The van der Waals surface area contributed by atoms with E-state index in [1.807, 2.05) is 40.5 Å². The zero-order chi connectivity index (χ0) is 58.3. The number of esters is 3. The van der Waals surface area contributed by atoms with E-state index in [-0.39, 0.29) is 41.7 Å². The van der Waals surface area contributed by atoms with Crippen molar-refractivity contribution in [3.8, 4) is 72.1 Å². The number of allylic oxidation sites excluding steroid dienone is 6. The molecule has 0 aliphatic carbocycles. The van der Waals surface area contributed by atoms with Crippen LogP contribution in [0, 0.1) is 72.1 Å². The van der Waals surface area contributed by atoms with Crippen LogP contribution in [0.5, 0.6) is 0 Å². The number of carboxylic acid groups (broad SMARTS) is 1. The number of carbonyl (C=O) groups excluding carboxylic acids is 3. The molecule has 348 valence electrons. The summed E-state index contributed by atoms with van der Waals surface area (Å²) in [6.45, 7) is 8.98. The maximum absolute atomic E-state index is 10.7. The molecular weight excluding hydrogens is 1070 g/mol. The second-order valence-corrected chi connectivity index (χ2v) is 24.9. The Morgan fingerprint density at radius 3 is 1.27 bits per heavy atom. The summed E-state index contributed by atoms with van der Waals surface area (Å²) < 4.78 is 83.7. The molecule has 0 aliphatic heterocycles. The molecule has 0 rings (SSSR count). The molecular formula is C48H69Br4O9P. The van der Waals surface area contributed by atoms with Gasteiger partial charge in [-0.05, 0) is 72.1 Å². The Balaban J connectivity index is -0.000000112. The first-order valence-corrected chi connectivity index (χ1v) is 26.5. The summed E-state index contributed by atoms with van der Waals surface area (Å²) in [5.74, 6) is 21.4. The van der Waals surface area contributed by atoms with Gasteiger partial charge in [0.2, 0.25) is 0 Å². The van der Waals surface area contributed by atoms with Gasteiger partial charge in [-0.3, -0.25) is 19.2 Å². The largest absolute Gasteiger partial charge is 0.481 e. The van der Waals surface area contributed by atoms with E-state index in [0.717, 1.165) is 19.3 Å². The Bertz CT molecular complexity index is 1890. The van der Waals surface area contributed by atoms with Gasteiger partial charge in [0.05, 0.1) is 54.1 Å².